The van der Waals surface area contributed by atoms with Gasteiger partial charge >= 0.3 is 0 Å². The van der Waals surface area contributed by atoms with Crippen molar-refractivity contribution in [3.05, 3.63) is 72.2 Å². The monoisotopic (exact) mass is 505 g/mol. The van der Waals surface area contributed by atoms with Crippen molar-refractivity contribution in [2.45, 2.75) is 44.7 Å². The minimum atomic E-state index is -1.04. The lowest BCUT2D eigenvalue weighted by Crippen LogP contribution is -2.46. The topological polar surface area (TPSA) is 110 Å². The molecule has 194 valence electrons. The molecule has 1 aliphatic rings. The van der Waals surface area contributed by atoms with Gasteiger partial charge in [-0.15, -0.1) is 0 Å². The molecule has 3 aromatic rings. The van der Waals surface area contributed by atoms with Crippen LogP contribution < -0.4 is 25.0 Å². The van der Waals surface area contributed by atoms with Crippen molar-refractivity contribution < 1.29 is 28.3 Å². The first-order valence-electron chi connectivity index (χ1n) is 12.2. The number of carbonyl (C=O) groups excluding carboxylic acids is 3. The summed E-state index contributed by atoms with van der Waals surface area (Å²) in [5.74, 6) is 0.0129. The maximum absolute atomic E-state index is 13.9. The Morgan fingerprint density at radius 2 is 1.68 bits per heavy atom. The summed E-state index contributed by atoms with van der Waals surface area (Å²) in [4.78, 5) is 40.6. The Balaban J connectivity index is 1.83. The third-order valence-corrected chi connectivity index (χ3v) is 6.35. The number of carbonyl (C=O) groups is 3. The van der Waals surface area contributed by atoms with Crippen LogP contribution in [0.5, 0.6) is 11.5 Å². The molecule has 0 radical (unpaired) electrons. The van der Waals surface area contributed by atoms with Crippen LogP contribution in [0.2, 0.25) is 0 Å². The van der Waals surface area contributed by atoms with Gasteiger partial charge in [0.05, 0.1) is 20.5 Å². The van der Waals surface area contributed by atoms with Crippen LogP contribution in [0, 0.1) is 0 Å². The Morgan fingerprint density at radius 3 is 2.27 bits per heavy atom. The fourth-order valence-electron chi connectivity index (χ4n) is 4.60. The third-order valence-electron chi connectivity index (χ3n) is 6.35. The quantitative estimate of drug-likeness (QED) is 0.436. The fourth-order valence-corrected chi connectivity index (χ4v) is 4.60. The summed E-state index contributed by atoms with van der Waals surface area (Å²) in [5.41, 5.74) is 1.57. The van der Waals surface area contributed by atoms with Gasteiger partial charge in [-0.05, 0) is 66.9 Å². The van der Waals surface area contributed by atoms with Crippen molar-refractivity contribution in [1.29, 1.82) is 0 Å². The Labute approximate surface area is 215 Å². The van der Waals surface area contributed by atoms with Crippen molar-refractivity contribution in [2.24, 2.45) is 0 Å². The van der Waals surface area contributed by atoms with Gasteiger partial charge < -0.3 is 24.5 Å². The molecule has 9 nitrogen and oxygen atoms in total. The van der Waals surface area contributed by atoms with Crippen molar-refractivity contribution in [3.63, 3.8) is 0 Å². The molecule has 0 aliphatic heterocycles. The summed E-state index contributed by atoms with van der Waals surface area (Å²) < 4.78 is 16.3. The summed E-state index contributed by atoms with van der Waals surface area (Å²) in [7, 11) is 3.05. The zero-order valence-corrected chi connectivity index (χ0v) is 21.2. The van der Waals surface area contributed by atoms with E-state index in [2.05, 4.69) is 10.6 Å². The molecule has 1 aromatic heterocycles. The first-order valence-corrected chi connectivity index (χ1v) is 12.2. The molecule has 4 rings (SSSR count). The van der Waals surface area contributed by atoms with Gasteiger partial charge in [0.2, 0.25) is 11.8 Å². The summed E-state index contributed by atoms with van der Waals surface area (Å²) in [6.45, 7) is 1.42. The van der Waals surface area contributed by atoms with Gasteiger partial charge in [0.15, 0.2) is 17.3 Å². The van der Waals surface area contributed by atoms with Gasteiger partial charge in [-0.1, -0.05) is 18.9 Å². The second kappa shape index (κ2) is 11.6. The highest BCUT2D eigenvalue weighted by atomic mass is 16.5. The highest BCUT2D eigenvalue weighted by Crippen LogP contribution is 2.36. The van der Waals surface area contributed by atoms with Gasteiger partial charge in [0, 0.05) is 24.3 Å². The van der Waals surface area contributed by atoms with E-state index in [1.54, 1.807) is 54.6 Å². The number of methoxy groups -OCH3 is 2. The molecule has 1 atom stereocenters. The van der Waals surface area contributed by atoms with E-state index in [9.17, 15) is 14.4 Å². The Kier molecular flexibility index (Phi) is 8.12. The van der Waals surface area contributed by atoms with E-state index < -0.39 is 11.9 Å². The van der Waals surface area contributed by atoms with Gasteiger partial charge in [-0.3, -0.25) is 19.3 Å². The van der Waals surface area contributed by atoms with E-state index in [4.69, 9.17) is 13.9 Å². The summed E-state index contributed by atoms with van der Waals surface area (Å²) >= 11 is 0. The van der Waals surface area contributed by atoms with Gasteiger partial charge in [0.25, 0.3) is 5.91 Å². The van der Waals surface area contributed by atoms with Crippen molar-refractivity contribution in [2.75, 3.05) is 24.4 Å². The first-order chi connectivity index (χ1) is 17.9. The maximum atomic E-state index is 13.9. The second-order valence-electron chi connectivity index (χ2n) is 8.89. The number of ether oxygens (including phenoxy) is 2. The molecule has 9 heteroatoms. The lowest BCUT2D eigenvalue weighted by Gasteiger charge is -2.32. The van der Waals surface area contributed by atoms with E-state index in [1.165, 1.54) is 32.3 Å². The average molecular weight is 506 g/mol. The van der Waals surface area contributed by atoms with Crippen LogP contribution in [-0.4, -0.2) is 38.0 Å². The number of hydrogen-bond acceptors (Lipinski definition) is 6. The first kappa shape index (κ1) is 25.8. The van der Waals surface area contributed by atoms with E-state index in [-0.39, 0.29) is 23.6 Å². The minimum absolute atomic E-state index is 0.0397. The normalized spacial score (nSPS) is 14.0. The minimum Gasteiger partial charge on any atom is -0.493 e. The predicted molar refractivity (Wildman–Crippen MR) is 139 cm³/mol. The molecule has 1 saturated carbocycles. The molecule has 2 aromatic carbocycles. The van der Waals surface area contributed by atoms with Gasteiger partial charge in [-0.25, -0.2) is 0 Å². The van der Waals surface area contributed by atoms with Gasteiger partial charge in [0.1, 0.15) is 6.04 Å². The molecular weight excluding hydrogens is 474 g/mol. The number of amides is 3. The molecule has 37 heavy (non-hydrogen) atoms. The highest BCUT2D eigenvalue weighted by Gasteiger charge is 2.36. The Bertz CT molecular complexity index is 1230. The number of rotatable bonds is 9. The molecule has 0 saturated heterocycles. The maximum Gasteiger partial charge on any atom is 0.294 e. The summed E-state index contributed by atoms with van der Waals surface area (Å²) in [6, 6.07) is 14.1. The molecule has 2 N–H and O–H groups in total. The number of furan rings is 1. The standard InChI is InChI=1S/C28H31N3O6/c1-18(32)29-21-11-13-22(14-12-21)31(28(34)24-9-6-16-37-24)26(27(33)30-20-7-4-5-8-20)19-10-15-23(35-2)25(17-19)36-3/h6,9-17,20,26H,4-5,7-8H2,1-3H3,(H,29,32)(H,30,33)/t26-/m0/s1. The molecular formula is C28H31N3O6. The van der Waals surface area contributed by atoms with Crippen molar-refractivity contribution in [1.82, 2.24) is 5.32 Å². The van der Waals surface area contributed by atoms with E-state index in [0.29, 0.717) is 28.4 Å². The van der Waals surface area contributed by atoms with Crippen LogP contribution in [0.15, 0.2) is 65.3 Å². The largest absolute Gasteiger partial charge is 0.493 e. The zero-order chi connectivity index (χ0) is 26.4. The number of nitrogens with zero attached hydrogens (tertiary/aromatic N) is 1. The predicted octanol–water partition coefficient (Wildman–Crippen LogP) is 4.70. The fraction of sp³-hybridized carbons (Fsp3) is 0.321. The lowest BCUT2D eigenvalue weighted by molar-refractivity contribution is -0.123. The number of nitrogens with one attached hydrogen (secondary N) is 2. The number of hydrogen-bond donors (Lipinski definition) is 2. The lowest BCUT2D eigenvalue weighted by atomic mass is 10.0. The molecule has 0 bridgehead atoms. The van der Waals surface area contributed by atoms with Crippen LogP contribution in [0.25, 0.3) is 0 Å². The Morgan fingerprint density at radius 1 is 0.973 bits per heavy atom. The smallest absolute Gasteiger partial charge is 0.294 e. The highest BCUT2D eigenvalue weighted by molar-refractivity contribution is 6.09. The van der Waals surface area contributed by atoms with Crippen molar-refractivity contribution >= 4 is 29.1 Å². The number of benzene rings is 2. The summed E-state index contributed by atoms with van der Waals surface area (Å²) in [6.07, 6.45) is 5.29. The molecule has 1 aliphatic carbocycles. The van der Waals surface area contributed by atoms with Crippen LogP contribution in [0.4, 0.5) is 11.4 Å². The van der Waals surface area contributed by atoms with E-state index in [1.807, 2.05) is 0 Å². The SMILES string of the molecule is COc1ccc([C@@H](C(=O)NC2CCCC2)N(C(=O)c2ccco2)c2ccc(NC(C)=O)cc2)cc1OC. The zero-order valence-electron chi connectivity index (χ0n) is 21.2. The molecule has 3 amide bonds. The van der Waals surface area contributed by atoms with Crippen LogP contribution in [-0.2, 0) is 9.59 Å². The van der Waals surface area contributed by atoms with Crippen LogP contribution in [0.1, 0.15) is 54.8 Å². The summed E-state index contributed by atoms with van der Waals surface area (Å²) in [5, 5.41) is 5.86. The van der Waals surface area contributed by atoms with E-state index >= 15 is 0 Å². The van der Waals surface area contributed by atoms with Crippen LogP contribution >= 0.6 is 0 Å². The number of anilines is 2. The second-order valence-corrected chi connectivity index (χ2v) is 8.89. The molecule has 1 fully saturated rings. The van der Waals surface area contributed by atoms with Crippen molar-refractivity contribution in [3.8, 4) is 11.5 Å². The molecule has 1 heterocycles. The Hall–Kier alpha value is -4.27. The van der Waals surface area contributed by atoms with Crippen LogP contribution in [0.3, 0.4) is 0 Å². The van der Waals surface area contributed by atoms with E-state index in [0.717, 1.165) is 25.7 Å². The molecule has 0 spiro atoms. The molecule has 0 unspecified atom stereocenters. The average Bonchev–Trinajstić information content (AvgIpc) is 3.61. The third kappa shape index (κ3) is 5.94. The van der Waals surface area contributed by atoms with Gasteiger partial charge in [-0.2, -0.15) is 0 Å².